The summed E-state index contributed by atoms with van der Waals surface area (Å²) < 4.78 is 1.44. The Morgan fingerprint density at radius 2 is 2.04 bits per heavy atom. The number of amides is 1. The van der Waals surface area contributed by atoms with Crippen LogP contribution in [-0.2, 0) is 12.5 Å². The van der Waals surface area contributed by atoms with Crippen molar-refractivity contribution in [1.82, 2.24) is 14.9 Å². The molecule has 1 aromatic carbocycles. The molecule has 1 amide bonds. The molecule has 25 heavy (non-hydrogen) atoms. The van der Waals surface area contributed by atoms with Gasteiger partial charge in [0, 0.05) is 19.0 Å². The second-order valence-electron chi connectivity index (χ2n) is 6.73. The molecular formula is C19H19N3O2S. The Morgan fingerprint density at radius 1 is 1.32 bits per heavy atom. The molecule has 1 aliphatic rings. The van der Waals surface area contributed by atoms with Crippen LogP contribution < -0.4 is 10.9 Å². The van der Waals surface area contributed by atoms with E-state index in [1.807, 2.05) is 25.1 Å². The number of nitrogens with one attached hydrogen (secondary N) is 1. The average Bonchev–Trinajstić information content (AvgIpc) is 3.35. The molecule has 1 fully saturated rings. The predicted molar refractivity (Wildman–Crippen MR) is 99.3 cm³/mol. The van der Waals surface area contributed by atoms with Gasteiger partial charge in [-0.15, -0.1) is 11.3 Å². The number of nitrogens with zero attached hydrogens (tertiary/aromatic N) is 2. The molecule has 0 spiro atoms. The van der Waals surface area contributed by atoms with Gasteiger partial charge in [0.15, 0.2) is 0 Å². The molecule has 1 saturated carbocycles. The van der Waals surface area contributed by atoms with Crippen molar-refractivity contribution in [2.45, 2.75) is 25.2 Å². The first-order valence-electron chi connectivity index (χ1n) is 8.30. The smallest absolute Gasteiger partial charge is 0.262 e. The summed E-state index contributed by atoms with van der Waals surface area (Å²) in [5, 5.41) is 3.62. The van der Waals surface area contributed by atoms with Crippen molar-refractivity contribution in [3.05, 3.63) is 63.0 Å². The highest BCUT2D eigenvalue weighted by molar-refractivity contribution is 7.20. The van der Waals surface area contributed by atoms with Gasteiger partial charge in [-0.05, 0) is 30.9 Å². The largest absolute Gasteiger partial charge is 0.350 e. The first kappa shape index (κ1) is 16.0. The van der Waals surface area contributed by atoms with Gasteiger partial charge in [-0.2, -0.15) is 0 Å². The van der Waals surface area contributed by atoms with Crippen LogP contribution in [0, 0.1) is 6.92 Å². The summed E-state index contributed by atoms with van der Waals surface area (Å²) >= 11 is 1.29. The number of aryl methyl sites for hydroxylation is 2. The third-order valence-electron chi connectivity index (χ3n) is 5.04. The van der Waals surface area contributed by atoms with E-state index in [-0.39, 0.29) is 16.9 Å². The molecule has 4 rings (SSSR count). The lowest BCUT2D eigenvalue weighted by Gasteiger charge is -2.16. The summed E-state index contributed by atoms with van der Waals surface area (Å²) in [5.74, 6) is -0.121. The van der Waals surface area contributed by atoms with Crippen LogP contribution in [0.5, 0.6) is 0 Å². The number of benzene rings is 1. The molecular weight excluding hydrogens is 334 g/mol. The SMILES string of the molecule is Cc1c(C(=O)NCC2(c3ccccc3)CC2)sc2ncn(C)c(=O)c12. The zero-order chi connectivity index (χ0) is 17.6. The molecule has 0 aliphatic heterocycles. The van der Waals surface area contributed by atoms with E-state index < -0.39 is 0 Å². The van der Waals surface area contributed by atoms with E-state index in [1.165, 1.54) is 27.8 Å². The Labute approximate surface area is 149 Å². The van der Waals surface area contributed by atoms with Gasteiger partial charge < -0.3 is 9.88 Å². The Kier molecular flexibility index (Phi) is 3.72. The van der Waals surface area contributed by atoms with Gasteiger partial charge in [-0.3, -0.25) is 9.59 Å². The minimum atomic E-state index is -0.121. The van der Waals surface area contributed by atoms with E-state index in [0.29, 0.717) is 21.6 Å². The van der Waals surface area contributed by atoms with Crippen LogP contribution in [0.15, 0.2) is 41.5 Å². The van der Waals surface area contributed by atoms with Gasteiger partial charge in [0.05, 0.1) is 16.6 Å². The fraction of sp³-hybridized carbons (Fsp3) is 0.316. The summed E-state index contributed by atoms with van der Waals surface area (Å²) in [5.41, 5.74) is 1.95. The molecule has 1 N–H and O–H groups in total. The molecule has 0 radical (unpaired) electrons. The second kappa shape index (κ2) is 5.81. The monoisotopic (exact) mass is 353 g/mol. The number of hydrogen-bond donors (Lipinski definition) is 1. The Balaban J connectivity index is 1.58. The van der Waals surface area contributed by atoms with Crippen molar-refractivity contribution in [2.24, 2.45) is 7.05 Å². The van der Waals surface area contributed by atoms with Gasteiger partial charge in [-0.25, -0.2) is 4.98 Å². The maximum absolute atomic E-state index is 12.7. The maximum Gasteiger partial charge on any atom is 0.262 e. The molecule has 5 nitrogen and oxygen atoms in total. The fourth-order valence-electron chi connectivity index (χ4n) is 3.27. The van der Waals surface area contributed by atoms with E-state index in [4.69, 9.17) is 0 Å². The molecule has 0 saturated heterocycles. The van der Waals surface area contributed by atoms with Gasteiger partial charge in [0.1, 0.15) is 4.83 Å². The van der Waals surface area contributed by atoms with Gasteiger partial charge >= 0.3 is 0 Å². The van der Waals surface area contributed by atoms with Gasteiger partial charge in [0.25, 0.3) is 11.5 Å². The Bertz CT molecular complexity index is 1020. The maximum atomic E-state index is 12.7. The minimum absolute atomic E-state index is 0.0654. The summed E-state index contributed by atoms with van der Waals surface area (Å²) in [6.07, 6.45) is 3.67. The topological polar surface area (TPSA) is 64.0 Å². The fourth-order valence-corrected chi connectivity index (χ4v) is 4.32. The molecule has 0 bridgehead atoms. The lowest BCUT2D eigenvalue weighted by molar-refractivity contribution is 0.0953. The highest BCUT2D eigenvalue weighted by Crippen LogP contribution is 2.47. The summed E-state index contributed by atoms with van der Waals surface area (Å²) in [6.45, 7) is 2.44. The van der Waals surface area contributed by atoms with E-state index in [2.05, 4.69) is 22.4 Å². The van der Waals surface area contributed by atoms with Crippen molar-refractivity contribution in [1.29, 1.82) is 0 Å². The number of rotatable bonds is 4. The van der Waals surface area contributed by atoms with Crippen LogP contribution >= 0.6 is 11.3 Å². The van der Waals surface area contributed by atoms with Crippen LogP contribution in [0.4, 0.5) is 0 Å². The van der Waals surface area contributed by atoms with Crippen LogP contribution in [0.25, 0.3) is 10.2 Å². The number of hydrogen-bond acceptors (Lipinski definition) is 4. The van der Waals surface area contributed by atoms with Gasteiger partial charge in [-0.1, -0.05) is 30.3 Å². The summed E-state index contributed by atoms with van der Waals surface area (Å²) in [7, 11) is 1.67. The van der Waals surface area contributed by atoms with E-state index in [9.17, 15) is 9.59 Å². The Hall–Kier alpha value is -2.47. The molecule has 0 unspecified atom stereocenters. The normalized spacial score (nSPS) is 15.3. The highest BCUT2D eigenvalue weighted by atomic mass is 32.1. The van der Waals surface area contributed by atoms with E-state index in [1.54, 1.807) is 7.05 Å². The van der Waals surface area contributed by atoms with E-state index >= 15 is 0 Å². The second-order valence-corrected chi connectivity index (χ2v) is 7.73. The van der Waals surface area contributed by atoms with Gasteiger partial charge in [0.2, 0.25) is 0 Å². The zero-order valence-corrected chi connectivity index (χ0v) is 15.0. The van der Waals surface area contributed by atoms with E-state index in [0.717, 1.165) is 18.4 Å². The third kappa shape index (κ3) is 2.66. The lowest BCUT2D eigenvalue weighted by Crippen LogP contribution is -2.32. The van der Waals surface area contributed by atoms with Crippen LogP contribution in [0.2, 0.25) is 0 Å². The average molecular weight is 353 g/mol. The predicted octanol–water partition coefficient (Wildman–Crippen LogP) is 2.77. The quantitative estimate of drug-likeness (QED) is 0.784. The standard InChI is InChI=1S/C19H19N3O2S/c1-12-14-17(21-11-22(2)18(14)24)25-15(12)16(23)20-10-19(8-9-19)13-6-4-3-5-7-13/h3-7,11H,8-10H2,1-2H3,(H,20,23). The first-order valence-corrected chi connectivity index (χ1v) is 9.12. The molecule has 2 aromatic heterocycles. The number of fused-ring (bicyclic) bond motifs is 1. The molecule has 0 atom stereocenters. The van der Waals surface area contributed by atoms with Crippen molar-refractivity contribution >= 4 is 27.5 Å². The number of carbonyl (C=O) groups excluding carboxylic acids is 1. The van der Waals surface area contributed by atoms with Crippen LogP contribution in [-0.4, -0.2) is 22.0 Å². The van der Waals surface area contributed by atoms with Crippen molar-refractivity contribution in [3.63, 3.8) is 0 Å². The lowest BCUT2D eigenvalue weighted by atomic mass is 9.96. The number of aromatic nitrogens is 2. The number of carbonyl (C=O) groups is 1. The Morgan fingerprint density at radius 3 is 2.72 bits per heavy atom. The minimum Gasteiger partial charge on any atom is -0.350 e. The third-order valence-corrected chi connectivity index (χ3v) is 6.24. The summed E-state index contributed by atoms with van der Waals surface area (Å²) in [4.78, 5) is 30.5. The molecule has 128 valence electrons. The number of thiophene rings is 1. The van der Waals surface area contributed by atoms with Crippen molar-refractivity contribution in [3.8, 4) is 0 Å². The molecule has 6 heteroatoms. The summed E-state index contributed by atoms with van der Waals surface area (Å²) in [6, 6.07) is 10.3. The van der Waals surface area contributed by atoms with Crippen molar-refractivity contribution in [2.75, 3.05) is 6.54 Å². The van der Waals surface area contributed by atoms with Crippen molar-refractivity contribution < 1.29 is 4.79 Å². The molecule has 3 aromatic rings. The highest BCUT2D eigenvalue weighted by Gasteiger charge is 2.44. The van der Waals surface area contributed by atoms with Crippen LogP contribution in [0.1, 0.15) is 33.6 Å². The zero-order valence-electron chi connectivity index (χ0n) is 14.2. The molecule has 2 heterocycles. The van der Waals surface area contributed by atoms with Crippen LogP contribution in [0.3, 0.4) is 0 Å². The first-order chi connectivity index (χ1) is 12.0. The molecule has 1 aliphatic carbocycles.